The summed E-state index contributed by atoms with van der Waals surface area (Å²) in [6, 6.07) is 0.0461. The summed E-state index contributed by atoms with van der Waals surface area (Å²) in [5, 5.41) is 0. The Morgan fingerprint density at radius 1 is 1.12 bits per heavy atom. The molecule has 2 saturated heterocycles. The standard InChI is InChI=1S/C16H17F6N3O/c1-8(23)6-24-7-12-5-13(24)14(26)25(12)11-3-9(15(17,18)19)2-10(4-11)16(20,21)22/h2-4,8,12-13H,5-7,23H2,1H3/t8-,12?,13+/m1/s1. The Morgan fingerprint density at radius 2 is 1.65 bits per heavy atom. The number of fused-ring (bicyclic) bond motifs is 2. The molecule has 2 bridgehead atoms. The first-order valence-electron chi connectivity index (χ1n) is 8.00. The Labute approximate surface area is 145 Å². The predicted molar refractivity (Wildman–Crippen MR) is 81.3 cm³/mol. The summed E-state index contributed by atoms with van der Waals surface area (Å²) in [6.45, 7) is 2.57. The molecule has 2 heterocycles. The van der Waals surface area contributed by atoms with Gasteiger partial charge in [-0.05, 0) is 31.5 Å². The van der Waals surface area contributed by atoms with Crippen molar-refractivity contribution in [3.8, 4) is 0 Å². The summed E-state index contributed by atoms with van der Waals surface area (Å²) in [5.41, 5.74) is 2.49. The number of hydrogen-bond acceptors (Lipinski definition) is 3. The first kappa shape index (κ1) is 19.0. The summed E-state index contributed by atoms with van der Waals surface area (Å²) < 4.78 is 78.1. The molecule has 0 aromatic heterocycles. The highest BCUT2D eigenvalue weighted by Crippen LogP contribution is 2.42. The third-order valence-corrected chi connectivity index (χ3v) is 4.64. The van der Waals surface area contributed by atoms with Gasteiger partial charge in [0.2, 0.25) is 5.91 Å². The number of amides is 1. The van der Waals surface area contributed by atoms with Gasteiger partial charge in [-0.2, -0.15) is 26.3 Å². The molecule has 26 heavy (non-hydrogen) atoms. The zero-order valence-electron chi connectivity index (χ0n) is 13.7. The van der Waals surface area contributed by atoms with Crippen molar-refractivity contribution in [1.29, 1.82) is 0 Å². The van der Waals surface area contributed by atoms with Crippen molar-refractivity contribution in [1.82, 2.24) is 4.90 Å². The zero-order valence-corrected chi connectivity index (χ0v) is 13.7. The second kappa shape index (κ2) is 6.12. The number of halogens is 6. The van der Waals surface area contributed by atoms with E-state index in [0.29, 0.717) is 31.6 Å². The normalized spacial score (nSPS) is 25.2. The predicted octanol–water partition coefficient (Wildman–Crippen LogP) is 2.86. The SMILES string of the molecule is C[C@@H](N)CN1CC2C[C@H]1C(=O)N2c1cc(C(F)(F)F)cc(C(F)(F)F)c1. The second-order valence-corrected chi connectivity index (χ2v) is 6.81. The van der Waals surface area contributed by atoms with Crippen LogP contribution in [0.4, 0.5) is 32.0 Å². The molecule has 2 fully saturated rings. The van der Waals surface area contributed by atoms with Crippen LogP contribution in [0.3, 0.4) is 0 Å². The number of carbonyl (C=O) groups excluding carboxylic acids is 1. The van der Waals surface area contributed by atoms with Gasteiger partial charge in [0.05, 0.1) is 23.2 Å². The Hall–Kier alpha value is -1.81. The lowest BCUT2D eigenvalue weighted by Gasteiger charge is -2.35. The molecule has 1 unspecified atom stereocenters. The summed E-state index contributed by atoms with van der Waals surface area (Å²) in [5.74, 6) is -0.491. The van der Waals surface area contributed by atoms with Gasteiger partial charge in [0.25, 0.3) is 0 Å². The van der Waals surface area contributed by atoms with E-state index in [4.69, 9.17) is 5.73 Å². The largest absolute Gasteiger partial charge is 0.416 e. The fraction of sp³-hybridized carbons (Fsp3) is 0.562. The van der Waals surface area contributed by atoms with Gasteiger partial charge in [-0.1, -0.05) is 0 Å². The lowest BCUT2D eigenvalue weighted by atomic mass is 10.1. The maximum Gasteiger partial charge on any atom is 0.416 e. The molecule has 2 aliphatic heterocycles. The molecule has 4 nitrogen and oxygen atoms in total. The number of anilines is 1. The molecule has 1 amide bonds. The van der Waals surface area contributed by atoms with E-state index in [0.717, 1.165) is 4.90 Å². The van der Waals surface area contributed by atoms with Crippen LogP contribution >= 0.6 is 0 Å². The Balaban J connectivity index is 1.97. The first-order valence-corrected chi connectivity index (χ1v) is 8.00. The number of rotatable bonds is 3. The average molecular weight is 381 g/mol. The van der Waals surface area contributed by atoms with Crippen molar-refractivity contribution < 1.29 is 31.1 Å². The van der Waals surface area contributed by atoms with Crippen LogP contribution in [0.1, 0.15) is 24.5 Å². The van der Waals surface area contributed by atoms with Crippen molar-refractivity contribution in [3.63, 3.8) is 0 Å². The number of nitrogens with two attached hydrogens (primary N) is 1. The van der Waals surface area contributed by atoms with E-state index in [-0.39, 0.29) is 17.8 Å². The van der Waals surface area contributed by atoms with E-state index in [9.17, 15) is 31.1 Å². The van der Waals surface area contributed by atoms with Gasteiger partial charge in [-0.15, -0.1) is 0 Å². The maximum atomic E-state index is 13.0. The van der Waals surface area contributed by atoms with E-state index in [1.54, 1.807) is 6.92 Å². The highest BCUT2D eigenvalue weighted by Gasteiger charge is 2.50. The van der Waals surface area contributed by atoms with Crippen molar-refractivity contribution in [2.45, 2.75) is 43.8 Å². The number of carbonyl (C=O) groups is 1. The minimum Gasteiger partial charge on any atom is -0.327 e. The summed E-state index contributed by atoms with van der Waals surface area (Å²) >= 11 is 0. The lowest BCUT2D eigenvalue weighted by molar-refractivity contribution is -0.143. The zero-order chi connectivity index (χ0) is 19.4. The van der Waals surface area contributed by atoms with Crippen molar-refractivity contribution in [2.75, 3.05) is 18.0 Å². The quantitative estimate of drug-likeness (QED) is 0.820. The molecule has 0 spiro atoms. The molecule has 0 aliphatic carbocycles. The lowest BCUT2D eigenvalue weighted by Crippen LogP contribution is -2.52. The Bertz CT molecular complexity index is 683. The van der Waals surface area contributed by atoms with Gasteiger partial charge in [0.1, 0.15) is 0 Å². The molecule has 1 aromatic carbocycles. The molecule has 10 heteroatoms. The van der Waals surface area contributed by atoms with E-state index in [1.165, 1.54) is 0 Å². The molecule has 144 valence electrons. The summed E-state index contributed by atoms with van der Waals surface area (Å²) in [6.07, 6.45) is -9.53. The van der Waals surface area contributed by atoms with E-state index in [1.807, 2.05) is 4.90 Å². The van der Waals surface area contributed by atoms with E-state index in [2.05, 4.69) is 0 Å². The number of benzene rings is 1. The van der Waals surface area contributed by atoms with Crippen LogP contribution in [0.2, 0.25) is 0 Å². The van der Waals surface area contributed by atoms with Crippen LogP contribution in [0.5, 0.6) is 0 Å². The monoisotopic (exact) mass is 381 g/mol. The topological polar surface area (TPSA) is 49.6 Å². The molecular formula is C16H17F6N3O. The van der Waals surface area contributed by atoms with Crippen molar-refractivity contribution >= 4 is 11.6 Å². The molecule has 0 saturated carbocycles. The van der Waals surface area contributed by atoms with Gasteiger partial charge in [0, 0.05) is 24.8 Å². The molecular weight excluding hydrogens is 364 g/mol. The van der Waals surface area contributed by atoms with Gasteiger partial charge >= 0.3 is 12.4 Å². The Morgan fingerprint density at radius 3 is 2.08 bits per heavy atom. The summed E-state index contributed by atoms with van der Waals surface area (Å²) in [4.78, 5) is 15.5. The van der Waals surface area contributed by atoms with Gasteiger partial charge in [0.15, 0.2) is 0 Å². The van der Waals surface area contributed by atoms with Crippen LogP contribution in [0, 0.1) is 0 Å². The number of hydrogen-bond donors (Lipinski definition) is 1. The van der Waals surface area contributed by atoms with Gasteiger partial charge in [-0.25, -0.2) is 0 Å². The number of likely N-dealkylation sites (tertiary alicyclic amines) is 1. The summed E-state index contributed by atoms with van der Waals surface area (Å²) in [7, 11) is 0. The highest BCUT2D eigenvalue weighted by atomic mass is 19.4. The van der Waals surface area contributed by atoms with Crippen LogP contribution in [-0.2, 0) is 17.1 Å². The second-order valence-electron chi connectivity index (χ2n) is 6.81. The van der Waals surface area contributed by atoms with Crippen LogP contribution in [0.15, 0.2) is 18.2 Å². The fourth-order valence-electron chi connectivity index (χ4n) is 3.65. The molecule has 2 aliphatic rings. The van der Waals surface area contributed by atoms with Crippen LogP contribution in [0.25, 0.3) is 0 Å². The molecule has 1 aromatic rings. The van der Waals surface area contributed by atoms with Crippen molar-refractivity contribution in [3.05, 3.63) is 29.3 Å². The van der Waals surface area contributed by atoms with E-state index >= 15 is 0 Å². The average Bonchev–Trinajstić information content (AvgIpc) is 3.01. The van der Waals surface area contributed by atoms with Gasteiger partial charge in [-0.3, -0.25) is 9.69 Å². The van der Waals surface area contributed by atoms with Gasteiger partial charge < -0.3 is 10.6 Å². The highest BCUT2D eigenvalue weighted by molar-refractivity contribution is 6.01. The number of piperazine rings is 1. The van der Waals surface area contributed by atoms with Crippen LogP contribution in [-0.4, -0.2) is 42.0 Å². The fourth-order valence-corrected chi connectivity index (χ4v) is 3.65. The maximum absolute atomic E-state index is 13.0. The smallest absolute Gasteiger partial charge is 0.327 e. The third-order valence-electron chi connectivity index (χ3n) is 4.64. The minimum atomic E-state index is -4.95. The van der Waals surface area contributed by atoms with Crippen molar-refractivity contribution in [2.24, 2.45) is 5.73 Å². The molecule has 2 N–H and O–H groups in total. The molecule has 3 rings (SSSR count). The first-order chi connectivity index (χ1) is 11.9. The number of alkyl halides is 6. The molecule has 0 radical (unpaired) electrons. The molecule has 3 atom stereocenters. The number of nitrogens with zero attached hydrogens (tertiary/aromatic N) is 2. The Kier molecular flexibility index (Phi) is 4.47. The third kappa shape index (κ3) is 3.39. The van der Waals surface area contributed by atoms with Crippen LogP contribution < -0.4 is 10.6 Å². The minimum absolute atomic E-state index is 0.0602. The van der Waals surface area contributed by atoms with E-state index < -0.39 is 41.5 Å².